The van der Waals surface area contributed by atoms with Gasteiger partial charge in [0.05, 0.1) is 4.92 Å². The van der Waals surface area contributed by atoms with Crippen molar-refractivity contribution in [2.24, 2.45) is 0 Å². The summed E-state index contributed by atoms with van der Waals surface area (Å²) >= 11 is 0. The predicted molar refractivity (Wildman–Crippen MR) is 70.2 cm³/mol. The number of anilines is 1. The quantitative estimate of drug-likeness (QED) is 0.600. The number of aliphatic carboxylic acids is 1. The van der Waals surface area contributed by atoms with Crippen LogP contribution < -0.4 is 5.32 Å². The van der Waals surface area contributed by atoms with Crippen molar-refractivity contribution in [3.05, 3.63) is 27.9 Å². The Morgan fingerprint density at radius 3 is 2.55 bits per heavy atom. The first-order valence-electron chi connectivity index (χ1n) is 5.97. The molecular formula is C12H14N4O4. The van der Waals surface area contributed by atoms with Gasteiger partial charge in [-0.1, -0.05) is 13.8 Å². The maximum Gasteiger partial charge on any atom is 0.329 e. The number of nitriles is 1. The third kappa shape index (κ3) is 2.83. The molecule has 20 heavy (non-hydrogen) atoms. The van der Waals surface area contributed by atoms with Gasteiger partial charge in [-0.15, -0.1) is 0 Å². The molecule has 1 rings (SSSR count). The number of nitro groups is 1. The number of carboxylic acid groups (broad SMARTS) is 1. The van der Waals surface area contributed by atoms with Crippen molar-refractivity contribution in [3.63, 3.8) is 0 Å². The van der Waals surface area contributed by atoms with Crippen LogP contribution in [0.4, 0.5) is 11.5 Å². The van der Waals surface area contributed by atoms with Crippen LogP contribution in [0.3, 0.4) is 0 Å². The van der Waals surface area contributed by atoms with E-state index < -0.39 is 22.1 Å². The molecule has 0 spiro atoms. The molecule has 0 aliphatic heterocycles. The SMILES string of the molecule is CCC(CC)(Nc1ccc([N+](=O)[O-])c(C#N)n1)C(=O)O. The number of hydrogen-bond acceptors (Lipinski definition) is 6. The van der Waals surface area contributed by atoms with Gasteiger partial charge in [0.15, 0.2) is 0 Å². The summed E-state index contributed by atoms with van der Waals surface area (Å²) in [7, 11) is 0. The summed E-state index contributed by atoms with van der Waals surface area (Å²) in [5.74, 6) is -0.917. The van der Waals surface area contributed by atoms with Crippen LogP contribution in [0.25, 0.3) is 0 Å². The number of aromatic nitrogens is 1. The van der Waals surface area contributed by atoms with Crippen molar-refractivity contribution < 1.29 is 14.8 Å². The fraction of sp³-hybridized carbons (Fsp3) is 0.417. The molecule has 8 heteroatoms. The molecule has 0 radical (unpaired) electrons. The van der Waals surface area contributed by atoms with Crippen LogP contribution in [0.5, 0.6) is 0 Å². The molecule has 0 saturated carbocycles. The summed E-state index contributed by atoms with van der Waals surface area (Å²) in [5, 5.41) is 31.6. The lowest BCUT2D eigenvalue weighted by Crippen LogP contribution is -2.45. The van der Waals surface area contributed by atoms with Gasteiger partial charge in [-0.05, 0) is 18.9 Å². The van der Waals surface area contributed by atoms with Gasteiger partial charge in [0.2, 0.25) is 5.69 Å². The Kier molecular flexibility index (Phi) is 4.59. The molecule has 2 N–H and O–H groups in total. The molecule has 0 aliphatic carbocycles. The second-order valence-electron chi connectivity index (χ2n) is 4.15. The fourth-order valence-electron chi connectivity index (χ4n) is 1.78. The molecular weight excluding hydrogens is 264 g/mol. The van der Waals surface area contributed by atoms with E-state index in [0.29, 0.717) is 12.8 Å². The van der Waals surface area contributed by atoms with Crippen molar-refractivity contribution in [2.75, 3.05) is 5.32 Å². The highest BCUT2D eigenvalue weighted by atomic mass is 16.6. The highest BCUT2D eigenvalue weighted by Gasteiger charge is 2.35. The van der Waals surface area contributed by atoms with Gasteiger partial charge in [-0.3, -0.25) is 10.1 Å². The Labute approximate surface area is 115 Å². The van der Waals surface area contributed by atoms with Crippen LogP contribution in [0.15, 0.2) is 12.1 Å². The van der Waals surface area contributed by atoms with Gasteiger partial charge in [0, 0.05) is 6.07 Å². The normalized spacial score (nSPS) is 10.7. The third-order valence-corrected chi connectivity index (χ3v) is 3.16. The van der Waals surface area contributed by atoms with E-state index in [9.17, 15) is 20.0 Å². The van der Waals surface area contributed by atoms with Gasteiger partial charge in [-0.25, -0.2) is 9.78 Å². The molecule has 0 aliphatic rings. The average Bonchev–Trinajstić information content (AvgIpc) is 2.43. The minimum absolute atomic E-state index is 0.123. The molecule has 1 aromatic heterocycles. The van der Waals surface area contributed by atoms with Crippen molar-refractivity contribution in [2.45, 2.75) is 32.2 Å². The van der Waals surface area contributed by atoms with Crippen molar-refractivity contribution in [3.8, 4) is 6.07 Å². The van der Waals surface area contributed by atoms with Crippen LogP contribution in [-0.2, 0) is 4.79 Å². The summed E-state index contributed by atoms with van der Waals surface area (Å²) < 4.78 is 0. The topological polar surface area (TPSA) is 129 Å². The van der Waals surface area contributed by atoms with Crippen LogP contribution in [0.1, 0.15) is 32.4 Å². The molecule has 0 amide bonds. The first-order chi connectivity index (χ1) is 9.40. The lowest BCUT2D eigenvalue weighted by molar-refractivity contribution is -0.385. The number of nitrogens with one attached hydrogen (secondary N) is 1. The Hall–Kier alpha value is -2.69. The smallest absolute Gasteiger partial charge is 0.329 e. The predicted octanol–water partition coefficient (Wildman–Crippen LogP) is 1.92. The Balaban J connectivity index is 3.20. The summed E-state index contributed by atoms with van der Waals surface area (Å²) in [6.45, 7) is 3.42. The monoisotopic (exact) mass is 278 g/mol. The number of nitrogens with zero attached hydrogens (tertiary/aromatic N) is 3. The van der Waals surface area contributed by atoms with E-state index in [1.807, 2.05) is 0 Å². The van der Waals surface area contributed by atoms with E-state index in [4.69, 9.17) is 5.26 Å². The number of hydrogen-bond donors (Lipinski definition) is 2. The highest BCUT2D eigenvalue weighted by molar-refractivity contribution is 5.82. The van der Waals surface area contributed by atoms with E-state index in [-0.39, 0.29) is 11.5 Å². The summed E-state index contributed by atoms with van der Waals surface area (Å²) in [6.07, 6.45) is 0.610. The van der Waals surface area contributed by atoms with E-state index in [0.717, 1.165) is 6.07 Å². The van der Waals surface area contributed by atoms with Gasteiger partial charge in [-0.2, -0.15) is 5.26 Å². The fourth-order valence-corrected chi connectivity index (χ4v) is 1.78. The molecule has 1 aromatic rings. The van der Waals surface area contributed by atoms with Crippen molar-refractivity contribution in [1.82, 2.24) is 4.98 Å². The summed E-state index contributed by atoms with van der Waals surface area (Å²) in [4.78, 5) is 25.1. The van der Waals surface area contributed by atoms with Crippen molar-refractivity contribution in [1.29, 1.82) is 5.26 Å². The lowest BCUT2D eigenvalue weighted by Gasteiger charge is -2.28. The minimum Gasteiger partial charge on any atom is -0.480 e. The number of rotatable bonds is 6. The second kappa shape index (κ2) is 5.97. The minimum atomic E-state index is -1.21. The Morgan fingerprint density at radius 2 is 2.15 bits per heavy atom. The summed E-state index contributed by atoms with van der Waals surface area (Å²) in [6, 6.07) is 4.05. The first-order valence-corrected chi connectivity index (χ1v) is 5.97. The first kappa shape index (κ1) is 15.4. The molecule has 0 aromatic carbocycles. The van der Waals surface area contributed by atoms with E-state index in [1.54, 1.807) is 19.9 Å². The van der Waals surface area contributed by atoms with Gasteiger partial charge in [0.1, 0.15) is 17.4 Å². The van der Waals surface area contributed by atoms with Gasteiger partial charge in [0.25, 0.3) is 0 Å². The molecule has 106 valence electrons. The zero-order valence-electron chi connectivity index (χ0n) is 11.1. The maximum atomic E-state index is 11.4. The molecule has 0 atom stereocenters. The Bertz CT molecular complexity index is 575. The van der Waals surface area contributed by atoms with Crippen LogP contribution in [0.2, 0.25) is 0 Å². The zero-order valence-corrected chi connectivity index (χ0v) is 11.1. The van der Waals surface area contributed by atoms with Crippen LogP contribution >= 0.6 is 0 Å². The molecule has 0 saturated heterocycles. The van der Waals surface area contributed by atoms with E-state index in [2.05, 4.69) is 10.3 Å². The molecule has 0 bridgehead atoms. The van der Waals surface area contributed by atoms with Crippen LogP contribution in [-0.4, -0.2) is 26.5 Å². The molecule has 0 fully saturated rings. The number of carbonyl (C=O) groups is 1. The number of pyridine rings is 1. The van der Waals surface area contributed by atoms with E-state index in [1.165, 1.54) is 6.07 Å². The average molecular weight is 278 g/mol. The lowest BCUT2D eigenvalue weighted by atomic mass is 9.93. The highest BCUT2D eigenvalue weighted by Crippen LogP contribution is 2.24. The third-order valence-electron chi connectivity index (χ3n) is 3.16. The second-order valence-corrected chi connectivity index (χ2v) is 4.15. The summed E-state index contributed by atoms with van der Waals surface area (Å²) in [5.41, 5.74) is -1.98. The maximum absolute atomic E-state index is 11.4. The Morgan fingerprint density at radius 1 is 1.55 bits per heavy atom. The van der Waals surface area contributed by atoms with Crippen molar-refractivity contribution >= 4 is 17.5 Å². The zero-order chi connectivity index (χ0) is 15.3. The molecule has 1 heterocycles. The van der Waals surface area contributed by atoms with E-state index >= 15 is 0 Å². The van der Waals surface area contributed by atoms with Gasteiger partial charge >= 0.3 is 11.7 Å². The standard InChI is InChI=1S/C12H14N4O4/c1-3-12(4-2,11(17)18)15-10-6-5-9(16(19)20)8(7-13)14-10/h5-6H,3-4H2,1-2H3,(H,14,15)(H,17,18). The van der Waals surface area contributed by atoms with Gasteiger partial charge < -0.3 is 10.4 Å². The number of carboxylic acids is 1. The molecule has 0 unspecified atom stereocenters. The van der Waals surface area contributed by atoms with Crippen LogP contribution in [0, 0.1) is 21.4 Å². The largest absolute Gasteiger partial charge is 0.480 e. The molecule has 8 nitrogen and oxygen atoms in total.